The van der Waals surface area contributed by atoms with Crippen molar-refractivity contribution in [2.75, 3.05) is 6.79 Å². The molecule has 0 aromatic rings. The van der Waals surface area contributed by atoms with E-state index in [1.165, 1.54) is 0 Å². The van der Waals surface area contributed by atoms with Crippen molar-refractivity contribution in [2.24, 2.45) is 23.7 Å². The first-order valence-corrected chi connectivity index (χ1v) is 7.32. The average Bonchev–Trinajstić information content (AvgIpc) is 2.41. The fourth-order valence-corrected chi connectivity index (χ4v) is 2.60. The van der Waals surface area contributed by atoms with Crippen LogP contribution in [0.1, 0.15) is 53.4 Å². The Morgan fingerprint density at radius 1 is 0.895 bits per heavy atom. The molecule has 1 aliphatic rings. The second-order valence-electron chi connectivity index (χ2n) is 5.68. The number of carbonyl (C=O) groups excluding carboxylic acids is 2. The molecule has 0 N–H and O–H groups in total. The lowest BCUT2D eigenvalue weighted by Crippen LogP contribution is -2.22. The Labute approximate surface area is 115 Å². The number of esters is 2. The van der Waals surface area contributed by atoms with Crippen LogP contribution in [0.3, 0.4) is 0 Å². The van der Waals surface area contributed by atoms with E-state index in [9.17, 15) is 9.59 Å². The van der Waals surface area contributed by atoms with Crippen molar-refractivity contribution in [2.45, 2.75) is 53.4 Å². The van der Waals surface area contributed by atoms with Gasteiger partial charge in [0.25, 0.3) is 0 Å². The Morgan fingerprint density at radius 3 is 1.58 bits per heavy atom. The Hall–Kier alpha value is -1.06. The van der Waals surface area contributed by atoms with Crippen molar-refractivity contribution >= 4 is 11.9 Å². The minimum atomic E-state index is -0.246. The molecular weight excluding hydrogens is 244 g/mol. The molecule has 0 spiro atoms. The van der Waals surface area contributed by atoms with E-state index in [0.29, 0.717) is 11.8 Å². The van der Waals surface area contributed by atoms with Crippen LogP contribution >= 0.6 is 0 Å². The number of rotatable bonds is 2. The van der Waals surface area contributed by atoms with Gasteiger partial charge in [-0.25, -0.2) is 0 Å². The Balaban J connectivity index is 2.81. The zero-order valence-electron chi connectivity index (χ0n) is 12.5. The van der Waals surface area contributed by atoms with E-state index in [0.717, 1.165) is 25.7 Å². The van der Waals surface area contributed by atoms with Crippen LogP contribution in [0, 0.1) is 23.7 Å². The van der Waals surface area contributed by atoms with Gasteiger partial charge in [0.2, 0.25) is 6.79 Å². The minimum absolute atomic E-state index is 0.0886. The van der Waals surface area contributed by atoms with Gasteiger partial charge in [-0.2, -0.15) is 0 Å². The molecule has 0 aromatic heterocycles. The fourth-order valence-electron chi connectivity index (χ4n) is 2.60. The highest BCUT2D eigenvalue weighted by Crippen LogP contribution is 2.29. The number of ether oxygens (including phenoxy) is 2. The highest BCUT2D eigenvalue weighted by Gasteiger charge is 2.29. The van der Waals surface area contributed by atoms with Crippen LogP contribution < -0.4 is 0 Å². The van der Waals surface area contributed by atoms with E-state index in [1.807, 2.05) is 13.8 Å². The third-order valence-electron chi connectivity index (χ3n) is 4.34. The van der Waals surface area contributed by atoms with Gasteiger partial charge in [-0.3, -0.25) is 9.59 Å². The zero-order valence-corrected chi connectivity index (χ0v) is 12.5. The van der Waals surface area contributed by atoms with Crippen LogP contribution in [-0.2, 0) is 19.1 Å². The largest absolute Gasteiger partial charge is 0.428 e. The molecule has 0 saturated carbocycles. The third kappa shape index (κ3) is 4.51. The van der Waals surface area contributed by atoms with Crippen molar-refractivity contribution in [3.63, 3.8) is 0 Å². The molecule has 0 aromatic carbocycles. The van der Waals surface area contributed by atoms with Gasteiger partial charge < -0.3 is 9.47 Å². The molecule has 4 heteroatoms. The SMILES string of the molecule is CCC1CC(C)C(C)CC(CC)C(=O)OCOC1=O. The van der Waals surface area contributed by atoms with E-state index in [4.69, 9.17) is 9.47 Å². The Morgan fingerprint density at radius 2 is 1.26 bits per heavy atom. The van der Waals surface area contributed by atoms with Gasteiger partial charge >= 0.3 is 11.9 Å². The van der Waals surface area contributed by atoms with Crippen molar-refractivity contribution in [1.82, 2.24) is 0 Å². The summed E-state index contributed by atoms with van der Waals surface area (Å²) in [5, 5.41) is 0. The molecule has 0 amide bonds. The fraction of sp³-hybridized carbons (Fsp3) is 0.867. The second kappa shape index (κ2) is 7.51. The first-order chi connectivity index (χ1) is 8.99. The maximum atomic E-state index is 11.9. The molecule has 4 atom stereocenters. The van der Waals surface area contributed by atoms with E-state index in [-0.39, 0.29) is 30.6 Å². The number of cyclic esters (lactones) is 2. The van der Waals surface area contributed by atoms with Crippen molar-refractivity contribution in [1.29, 1.82) is 0 Å². The van der Waals surface area contributed by atoms with E-state index < -0.39 is 0 Å². The summed E-state index contributed by atoms with van der Waals surface area (Å²) in [6.45, 7) is 8.04. The van der Waals surface area contributed by atoms with Gasteiger partial charge in [0.1, 0.15) is 0 Å². The second-order valence-corrected chi connectivity index (χ2v) is 5.68. The van der Waals surface area contributed by atoms with E-state index >= 15 is 0 Å². The molecule has 1 aliphatic heterocycles. The summed E-state index contributed by atoms with van der Waals surface area (Å²) < 4.78 is 10.1. The van der Waals surface area contributed by atoms with Gasteiger partial charge in [-0.1, -0.05) is 27.7 Å². The lowest BCUT2D eigenvalue weighted by Gasteiger charge is -2.24. The van der Waals surface area contributed by atoms with Crippen LogP contribution in [0.4, 0.5) is 0 Å². The van der Waals surface area contributed by atoms with Crippen molar-refractivity contribution in [3.05, 3.63) is 0 Å². The minimum Gasteiger partial charge on any atom is -0.428 e. The first-order valence-electron chi connectivity index (χ1n) is 7.32. The van der Waals surface area contributed by atoms with Gasteiger partial charge in [-0.15, -0.1) is 0 Å². The van der Waals surface area contributed by atoms with Crippen LogP contribution in [0.5, 0.6) is 0 Å². The molecule has 1 saturated heterocycles. The van der Waals surface area contributed by atoms with Crippen LogP contribution in [0.15, 0.2) is 0 Å². The summed E-state index contributed by atoms with van der Waals surface area (Å²) in [5.41, 5.74) is 0. The molecular formula is C15H26O4. The summed E-state index contributed by atoms with van der Waals surface area (Å²) in [4.78, 5) is 23.7. The molecule has 0 aliphatic carbocycles. The topological polar surface area (TPSA) is 52.6 Å². The third-order valence-corrected chi connectivity index (χ3v) is 4.34. The quantitative estimate of drug-likeness (QED) is 0.723. The van der Waals surface area contributed by atoms with E-state index in [2.05, 4.69) is 13.8 Å². The predicted molar refractivity (Wildman–Crippen MR) is 72.2 cm³/mol. The monoisotopic (exact) mass is 270 g/mol. The number of carbonyl (C=O) groups is 2. The summed E-state index contributed by atoms with van der Waals surface area (Å²) in [6.07, 6.45) is 3.17. The lowest BCUT2D eigenvalue weighted by atomic mass is 9.80. The first kappa shape index (κ1) is 16.0. The molecule has 1 rings (SSSR count). The lowest BCUT2D eigenvalue weighted by molar-refractivity contribution is -0.172. The molecule has 19 heavy (non-hydrogen) atoms. The summed E-state index contributed by atoms with van der Waals surface area (Å²) in [7, 11) is 0. The Bertz CT molecular complexity index is 283. The highest BCUT2D eigenvalue weighted by molar-refractivity contribution is 5.74. The predicted octanol–water partition coefficient (Wildman–Crippen LogP) is 3.15. The zero-order chi connectivity index (χ0) is 14.4. The standard InChI is InChI=1S/C15H26O4/c1-5-12-7-10(3)11(4)8-13(6-2)15(17)19-9-18-14(12)16/h10-13H,5-9H2,1-4H3. The molecule has 0 bridgehead atoms. The average molecular weight is 270 g/mol. The Kier molecular flexibility index (Phi) is 6.32. The maximum Gasteiger partial charge on any atom is 0.311 e. The summed E-state index contributed by atoms with van der Waals surface area (Å²) >= 11 is 0. The van der Waals surface area contributed by atoms with Crippen LogP contribution in [-0.4, -0.2) is 18.7 Å². The van der Waals surface area contributed by atoms with Gasteiger partial charge in [0.05, 0.1) is 11.8 Å². The highest BCUT2D eigenvalue weighted by atomic mass is 16.7. The molecule has 0 radical (unpaired) electrons. The molecule has 110 valence electrons. The van der Waals surface area contributed by atoms with Gasteiger partial charge in [0, 0.05) is 0 Å². The number of hydrogen-bond donors (Lipinski definition) is 0. The normalized spacial score (nSPS) is 34.1. The van der Waals surface area contributed by atoms with Gasteiger partial charge in [-0.05, 0) is 37.5 Å². The molecule has 1 heterocycles. The maximum absolute atomic E-state index is 11.9. The number of hydrogen-bond acceptors (Lipinski definition) is 4. The molecule has 4 nitrogen and oxygen atoms in total. The van der Waals surface area contributed by atoms with Gasteiger partial charge in [0.15, 0.2) is 0 Å². The smallest absolute Gasteiger partial charge is 0.311 e. The molecule has 1 fully saturated rings. The van der Waals surface area contributed by atoms with Crippen molar-refractivity contribution < 1.29 is 19.1 Å². The summed E-state index contributed by atoms with van der Waals surface area (Å²) in [6, 6.07) is 0. The van der Waals surface area contributed by atoms with Crippen molar-refractivity contribution in [3.8, 4) is 0 Å². The summed E-state index contributed by atoms with van der Waals surface area (Å²) in [5.74, 6) is 0.132. The molecule has 4 unspecified atom stereocenters. The van der Waals surface area contributed by atoms with Crippen LogP contribution in [0.2, 0.25) is 0 Å². The van der Waals surface area contributed by atoms with E-state index in [1.54, 1.807) is 0 Å². The van der Waals surface area contributed by atoms with Crippen LogP contribution in [0.25, 0.3) is 0 Å².